The Morgan fingerprint density at radius 2 is 1.62 bits per heavy atom. The lowest BCUT2D eigenvalue weighted by molar-refractivity contribution is -0.385. The summed E-state index contributed by atoms with van der Waals surface area (Å²) in [6, 6.07) is 6.66. The van der Waals surface area contributed by atoms with E-state index in [1.165, 1.54) is 18.2 Å². The van der Waals surface area contributed by atoms with E-state index in [4.69, 9.17) is 0 Å². The number of ether oxygens (including phenoxy) is 1. The van der Waals surface area contributed by atoms with Crippen molar-refractivity contribution in [3.05, 3.63) is 73.8 Å². The molecule has 0 unspecified atom stereocenters. The molecule has 0 fully saturated rings. The molecule has 2 aromatic carbocycles. The normalized spacial score (nSPS) is 11.0. The number of non-ortho nitro benzene ring substituents is 2. The van der Waals surface area contributed by atoms with E-state index < -0.39 is 45.4 Å². The van der Waals surface area contributed by atoms with Crippen LogP contribution in [0.2, 0.25) is 0 Å². The second-order valence-corrected chi connectivity index (χ2v) is 5.01. The standard InChI is InChI=1S/C15H9F3N2O6/c16-15(17,18)12-8-11(20(24)25)4-5-13(12)26-14(21)7-9-2-1-3-10(6-9)19(22)23/h1-6,8H,7H2. The molecule has 136 valence electrons. The van der Waals surface area contributed by atoms with E-state index in [9.17, 15) is 38.2 Å². The third-order valence-electron chi connectivity index (χ3n) is 3.17. The molecule has 8 nitrogen and oxygen atoms in total. The Morgan fingerprint density at radius 3 is 2.19 bits per heavy atom. The van der Waals surface area contributed by atoms with Gasteiger partial charge in [0.2, 0.25) is 0 Å². The van der Waals surface area contributed by atoms with Gasteiger partial charge in [-0.2, -0.15) is 13.2 Å². The number of hydrogen-bond acceptors (Lipinski definition) is 6. The molecule has 0 aliphatic heterocycles. The molecule has 0 aromatic heterocycles. The number of nitrogens with zero attached hydrogens (tertiary/aromatic N) is 2. The highest BCUT2D eigenvalue weighted by molar-refractivity contribution is 5.76. The van der Waals surface area contributed by atoms with Crippen molar-refractivity contribution >= 4 is 17.3 Å². The maximum Gasteiger partial charge on any atom is 0.420 e. The molecule has 0 heterocycles. The van der Waals surface area contributed by atoms with Crippen LogP contribution in [-0.2, 0) is 17.4 Å². The van der Waals surface area contributed by atoms with E-state index in [1.54, 1.807) is 0 Å². The minimum absolute atomic E-state index is 0.166. The molecule has 2 aromatic rings. The Kier molecular flexibility index (Phi) is 5.19. The summed E-state index contributed by atoms with van der Waals surface area (Å²) in [7, 11) is 0. The van der Waals surface area contributed by atoms with E-state index in [1.807, 2.05) is 0 Å². The fourth-order valence-corrected chi connectivity index (χ4v) is 2.05. The zero-order valence-electron chi connectivity index (χ0n) is 12.7. The number of alkyl halides is 3. The highest BCUT2D eigenvalue weighted by Gasteiger charge is 2.36. The molecule has 11 heteroatoms. The van der Waals surface area contributed by atoms with Gasteiger partial charge in [0.25, 0.3) is 11.4 Å². The number of carbonyl (C=O) groups excluding carboxylic acids is 1. The third-order valence-corrected chi connectivity index (χ3v) is 3.17. The number of halogens is 3. The molecule has 0 radical (unpaired) electrons. The molecule has 0 aliphatic carbocycles. The van der Waals surface area contributed by atoms with Crippen LogP contribution < -0.4 is 4.74 Å². The van der Waals surface area contributed by atoms with E-state index in [2.05, 4.69) is 4.74 Å². The molecule has 2 rings (SSSR count). The van der Waals surface area contributed by atoms with Crippen LogP contribution in [0, 0.1) is 20.2 Å². The summed E-state index contributed by atoms with van der Waals surface area (Å²) < 4.78 is 43.7. The van der Waals surface area contributed by atoms with E-state index in [0.717, 1.165) is 12.1 Å². The molecule has 0 amide bonds. The number of hydrogen-bond donors (Lipinski definition) is 0. The minimum atomic E-state index is -4.98. The van der Waals surface area contributed by atoms with Gasteiger partial charge in [-0.05, 0) is 11.6 Å². The second-order valence-electron chi connectivity index (χ2n) is 5.01. The van der Waals surface area contributed by atoms with Crippen molar-refractivity contribution in [2.24, 2.45) is 0 Å². The molecule has 0 N–H and O–H groups in total. The van der Waals surface area contributed by atoms with Gasteiger partial charge in [-0.3, -0.25) is 25.0 Å². The Hall–Kier alpha value is -3.50. The van der Waals surface area contributed by atoms with Gasteiger partial charge in [0.1, 0.15) is 11.3 Å². The minimum Gasteiger partial charge on any atom is -0.426 e. The molecule has 0 spiro atoms. The topological polar surface area (TPSA) is 113 Å². The highest BCUT2D eigenvalue weighted by atomic mass is 19.4. The quantitative estimate of drug-likeness (QED) is 0.343. The zero-order chi connectivity index (χ0) is 19.5. The number of nitro benzene ring substituents is 2. The number of benzene rings is 2. The fraction of sp³-hybridized carbons (Fsp3) is 0.133. The molecule has 0 atom stereocenters. The summed E-state index contributed by atoms with van der Waals surface area (Å²) in [5.41, 5.74) is -2.41. The second kappa shape index (κ2) is 7.17. The van der Waals surface area contributed by atoms with Crippen molar-refractivity contribution in [2.45, 2.75) is 12.6 Å². The first-order chi connectivity index (χ1) is 12.1. The third kappa shape index (κ3) is 4.53. The van der Waals surface area contributed by atoms with Crippen molar-refractivity contribution in [1.82, 2.24) is 0 Å². The van der Waals surface area contributed by atoms with E-state index >= 15 is 0 Å². The van der Waals surface area contributed by atoms with Crippen molar-refractivity contribution in [2.75, 3.05) is 0 Å². The summed E-state index contributed by atoms with van der Waals surface area (Å²) in [5.74, 6) is -2.00. The number of carbonyl (C=O) groups is 1. The average Bonchev–Trinajstić information content (AvgIpc) is 2.54. The molecule has 26 heavy (non-hydrogen) atoms. The monoisotopic (exact) mass is 370 g/mol. The zero-order valence-corrected chi connectivity index (χ0v) is 12.7. The van der Waals surface area contributed by atoms with Crippen LogP contribution >= 0.6 is 0 Å². The maximum absolute atomic E-state index is 13.0. The van der Waals surface area contributed by atoms with Crippen molar-refractivity contribution in [3.8, 4) is 5.75 Å². The number of esters is 1. The molecular weight excluding hydrogens is 361 g/mol. The van der Waals surface area contributed by atoms with E-state index in [0.29, 0.717) is 6.07 Å². The Balaban J connectivity index is 2.25. The van der Waals surface area contributed by atoms with Crippen molar-refractivity contribution in [3.63, 3.8) is 0 Å². The van der Waals surface area contributed by atoms with E-state index in [-0.39, 0.29) is 17.3 Å². The van der Waals surface area contributed by atoms with Gasteiger partial charge in [0.15, 0.2) is 0 Å². The lowest BCUT2D eigenvalue weighted by atomic mass is 10.1. The largest absolute Gasteiger partial charge is 0.426 e. The highest BCUT2D eigenvalue weighted by Crippen LogP contribution is 2.38. The molecule has 0 aliphatic rings. The van der Waals surface area contributed by atoms with Crippen molar-refractivity contribution in [1.29, 1.82) is 0 Å². The van der Waals surface area contributed by atoms with Crippen molar-refractivity contribution < 1.29 is 32.5 Å². The Bertz CT molecular complexity index is 882. The molecule has 0 saturated carbocycles. The number of nitro groups is 2. The summed E-state index contributed by atoms with van der Waals surface area (Å²) in [6.07, 6.45) is -5.50. The smallest absolute Gasteiger partial charge is 0.420 e. The lowest BCUT2D eigenvalue weighted by Gasteiger charge is -2.12. The Morgan fingerprint density at radius 1 is 1.00 bits per heavy atom. The summed E-state index contributed by atoms with van der Waals surface area (Å²) >= 11 is 0. The van der Waals surface area contributed by atoms with Crippen LogP contribution in [0.25, 0.3) is 0 Å². The summed E-state index contributed by atoms with van der Waals surface area (Å²) in [4.78, 5) is 31.5. The molecule has 0 saturated heterocycles. The SMILES string of the molecule is O=C(Cc1cccc([N+](=O)[O-])c1)Oc1ccc([N+](=O)[O-])cc1C(F)(F)F. The average molecular weight is 370 g/mol. The van der Waals surface area contributed by atoms with Crippen LogP contribution in [-0.4, -0.2) is 15.8 Å². The van der Waals surface area contributed by atoms with Crippen LogP contribution in [0.4, 0.5) is 24.5 Å². The lowest BCUT2D eigenvalue weighted by Crippen LogP contribution is -2.15. The van der Waals surface area contributed by atoms with Gasteiger partial charge in [-0.1, -0.05) is 12.1 Å². The first-order valence-electron chi connectivity index (χ1n) is 6.87. The van der Waals surface area contributed by atoms with Gasteiger partial charge in [-0.25, -0.2) is 0 Å². The van der Waals surface area contributed by atoms with Gasteiger partial charge in [-0.15, -0.1) is 0 Å². The van der Waals surface area contributed by atoms with Crippen LogP contribution in [0.5, 0.6) is 5.75 Å². The van der Waals surface area contributed by atoms with Gasteiger partial charge in [0.05, 0.1) is 16.3 Å². The summed E-state index contributed by atoms with van der Waals surface area (Å²) in [5, 5.41) is 21.3. The van der Waals surface area contributed by atoms with Crippen LogP contribution in [0.1, 0.15) is 11.1 Å². The predicted molar refractivity (Wildman–Crippen MR) is 80.5 cm³/mol. The maximum atomic E-state index is 13.0. The molecular formula is C15H9F3N2O6. The summed E-state index contributed by atoms with van der Waals surface area (Å²) in [6.45, 7) is 0. The molecule has 0 bridgehead atoms. The van der Waals surface area contributed by atoms with Gasteiger partial charge in [0, 0.05) is 24.3 Å². The first-order valence-corrected chi connectivity index (χ1v) is 6.87. The predicted octanol–water partition coefficient (Wildman–Crippen LogP) is 3.67. The Labute approximate surface area is 143 Å². The fourth-order valence-electron chi connectivity index (χ4n) is 2.05. The van der Waals surface area contributed by atoms with Gasteiger partial charge >= 0.3 is 12.1 Å². The first kappa shape index (κ1) is 18.8. The van der Waals surface area contributed by atoms with Crippen LogP contribution in [0.3, 0.4) is 0 Å². The van der Waals surface area contributed by atoms with Gasteiger partial charge < -0.3 is 4.74 Å². The van der Waals surface area contributed by atoms with Crippen LogP contribution in [0.15, 0.2) is 42.5 Å². The number of rotatable bonds is 5.